The van der Waals surface area contributed by atoms with Crippen molar-refractivity contribution >= 4 is 32.3 Å². The van der Waals surface area contributed by atoms with E-state index in [0.717, 1.165) is 22.3 Å². The fourth-order valence-corrected chi connectivity index (χ4v) is 5.28. The van der Waals surface area contributed by atoms with Crippen molar-refractivity contribution in [1.82, 2.24) is 0 Å². The molecule has 0 aliphatic rings. The number of aliphatic hydroxyl groups is 2. The predicted molar refractivity (Wildman–Crippen MR) is 140 cm³/mol. The second kappa shape index (κ2) is 8.57. The Bertz CT molecular complexity index is 1450. The normalized spacial score (nSPS) is 13.6. The second-order valence-electron chi connectivity index (χ2n) is 9.13. The van der Waals surface area contributed by atoms with Crippen LogP contribution >= 0.6 is 0 Å². The molecule has 0 aliphatic heterocycles. The van der Waals surface area contributed by atoms with Gasteiger partial charge < -0.3 is 10.2 Å². The first-order chi connectivity index (χ1) is 16.7. The average molecular weight is 443 g/mol. The third-order valence-electron chi connectivity index (χ3n) is 7.04. The monoisotopic (exact) mass is 442 g/mol. The highest BCUT2D eigenvalue weighted by Crippen LogP contribution is 2.39. The summed E-state index contributed by atoms with van der Waals surface area (Å²) in [6, 6.07) is 37.1. The number of hydrogen-bond acceptors (Lipinski definition) is 2. The van der Waals surface area contributed by atoms with E-state index >= 15 is 0 Å². The summed E-state index contributed by atoms with van der Waals surface area (Å²) in [5, 5.41) is 29.0. The number of rotatable bonds is 6. The molecule has 0 heterocycles. The van der Waals surface area contributed by atoms with Crippen LogP contribution in [0.3, 0.4) is 0 Å². The van der Waals surface area contributed by atoms with Crippen molar-refractivity contribution in [2.45, 2.75) is 25.0 Å². The Labute approximate surface area is 199 Å². The van der Waals surface area contributed by atoms with Gasteiger partial charge in [0.2, 0.25) is 0 Å². The third-order valence-corrected chi connectivity index (χ3v) is 7.04. The van der Waals surface area contributed by atoms with Gasteiger partial charge in [-0.3, -0.25) is 0 Å². The molecule has 0 aliphatic carbocycles. The van der Waals surface area contributed by atoms with Gasteiger partial charge in [-0.15, -0.1) is 0 Å². The van der Waals surface area contributed by atoms with E-state index in [1.165, 1.54) is 32.3 Å². The smallest absolute Gasteiger partial charge is 0.0830 e. The van der Waals surface area contributed by atoms with Gasteiger partial charge in [0.25, 0.3) is 0 Å². The zero-order valence-electron chi connectivity index (χ0n) is 18.9. The van der Waals surface area contributed by atoms with Gasteiger partial charge in [0.1, 0.15) is 0 Å². The molecule has 2 heteroatoms. The van der Waals surface area contributed by atoms with Crippen molar-refractivity contribution in [3.63, 3.8) is 0 Å². The van der Waals surface area contributed by atoms with Crippen LogP contribution in [0.2, 0.25) is 0 Å². The molecule has 0 spiro atoms. The lowest BCUT2D eigenvalue weighted by Crippen LogP contribution is -2.03. The summed E-state index contributed by atoms with van der Waals surface area (Å²) in [7, 11) is 0. The molecule has 0 radical (unpaired) electrons. The van der Waals surface area contributed by atoms with Crippen LogP contribution in [0.4, 0.5) is 0 Å². The maximum atomic E-state index is 10.9. The molecule has 34 heavy (non-hydrogen) atoms. The van der Waals surface area contributed by atoms with E-state index in [9.17, 15) is 10.2 Å². The Kier molecular flexibility index (Phi) is 5.26. The molecule has 2 N–H and O–H groups in total. The van der Waals surface area contributed by atoms with Gasteiger partial charge in [0.15, 0.2) is 0 Å². The molecule has 0 bridgehead atoms. The molecule has 2 unspecified atom stereocenters. The summed E-state index contributed by atoms with van der Waals surface area (Å²) >= 11 is 0. The van der Waals surface area contributed by atoms with E-state index in [-0.39, 0.29) is 0 Å². The molecule has 0 fully saturated rings. The molecule has 2 nitrogen and oxygen atoms in total. The first kappa shape index (κ1) is 20.9. The molecule has 2 atom stereocenters. The molecule has 6 rings (SSSR count). The Morgan fingerprint density at radius 3 is 1.24 bits per heavy atom. The quantitative estimate of drug-likeness (QED) is 0.269. The van der Waals surface area contributed by atoms with Crippen molar-refractivity contribution in [2.24, 2.45) is 0 Å². The van der Waals surface area contributed by atoms with Crippen LogP contribution in [0.15, 0.2) is 109 Å². The van der Waals surface area contributed by atoms with Gasteiger partial charge in [-0.1, -0.05) is 109 Å². The van der Waals surface area contributed by atoms with Gasteiger partial charge >= 0.3 is 0 Å². The summed E-state index contributed by atoms with van der Waals surface area (Å²) in [5.74, 6) is 0. The molecular weight excluding hydrogens is 416 g/mol. The minimum absolute atomic E-state index is 0.545. The van der Waals surface area contributed by atoms with E-state index in [1.54, 1.807) is 0 Å². The molecule has 0 aromatic heterocycles. The predicted octanol–water partition coefficient (Wildman–Crippen LogP) is 7.14. The van der Waals surface area contributed by atoms with E-state index < -0.39 is 12.2 Å². The van der Waals surface area contributed by atoms with Crippen LogP contribution in [-0.2, 0) is 12.8 Å². The van der Waals surface area contributed by atoms with Crippen molar-refractivity contribution in [1.29, 1.82) is 0 Å². The fraction of sp³-hybridized carbons (Fsp3) is 0.125. The standard InChI is InChI=1S/C32H26O2/c33-29(21-7-3-1-4-8-21)19-25-13-11-23-16-18-28-26(20-30(34)22-9-5-2-6-10-22)14-12-24-15-17-27(25)31(23)32(24)28/h1-18,29-30,33-34H,19-20H2. The minimum Gasteiger partial charge on any atom is -0.388 e. The number of hydrogen-bond donors (Lipinski definition) is 2. The lowest BCUT2D eigenvalue weighted by Gasteiger charge is -2.19. The number of aliphatic hydroxyl groups excluding tert-OH is 2. The van der Waals surface area contributed by atoms with Crippen molar-refractivity contribution < 1.29 is 10.2 Å². The molecular formula is C32H26O2. The van der Waals surface area contributed by atoms with Crippen LogP contribution in [0.5, 0.6) is 0 Å². The highest BCUT2D eigenvalue weighted by Gasteiger charge is 2.17. The summed E-state index contributed by atoms with van der Waals surface area (Å²) < 4.78 is 0. The van der Waals surface area contributed by atoms with Crippen LogP contribution in [0.1, 0.15) is 34.5 Å². The Hall–Kier alpha value is -3.72. The first-order valence-electron chi connectivity index (χ1n) is 11.8. The second-order valence-corrected chi connectivity index (χ2v) is 9.13. The SMILES string of the molecule is OC(Cc1ccc2ccc3c(CC(O)c4ccccc4)ccc4ccc1c2c43)c1ccccc1. The summed E-state index contributed by atoms with van der Waals surface area (Å²) in [6.07, 6.45) is 0.0442. The van der Waals surface area contributed by atoms with Crippen LogP contribution < -0.4 is 0 Å². The molecule has 6 aromatic carbocycles. The first-order valence-corrected chi connectivity index (χ1v) is 11.8. The molecule has 166 valence electrons. The lowest BCUT2D eigenvalue weighted by molar-refractivity contribution is 0.178. The summed E-state index contributed by atoms with van der Waals surface area (Å²) in [6.45, 7) is 0. The maximum absolute atomic E-state index is 10.9. The average Bonchev–Trinajstić information content (AvgIpc) is 2.90. The highest BCUT2D eigenvalue weighted by atomic mass is 16.3. The van der Waals surface area contributed by atoms with Gasteiger partial charge in [-0.2, -0.15) is 0 Å². The van der Waals surface area contributed by atoms with E-state index in [0.29, 0.717) is 12.8 Å². The minimum atomic E-state index is -0.545. The van der Waals surface area contributed by atoms with Crippen molar-refractivity contribution in [3.8, 4) is 0 Å². The van der Waals surface area contributed by atoms with Gasteiger partial charge in [0, 0.05) is 12.8 Å². The summed E-state index contributed by atoms with van der Waals surface area (Å²) in [5.41, 5.74) is 4.16. The van der Waals surface area contributed by atoms with Gasteiger partial charge in [-0.25, -0.2) is 0 Å². The highest BCUT2D eigenvalue weighted by molar-refractivity contribution is 6.24. The van der Waals surface area contributed by atoms with E-state index in [1.807, 2.05) is 60.7 Å². The van der Waals surface area contributed by atoms with Crippen LogP contribution in [0.25, 0.3) is 32.3 Å². The fourth-order valence-electron chi connectivity index (χ4n) is 5.28. The Balaban J connectivity index is 1.46. The zero-order chi connectivity index (χ0) is 23.1. The number of benzene rings is 6. The molecule has 6 aromatic rings. The van der Waals surface area contributed by atoms with Crippen molar-refractivity contribution in [3.05, 3.63) is 131 Å². The largest absolute Gasteiger partial charge is 0.388 e. The van der Waals surface area contributed by atoms with Crippen LogP contribution in [-0.4, -0.2) is 10.2 Å². The molecule has 0 saturated carbocycles. The maximum Gasteiger partial charge on any atom is 0.0830 e. The Morgan fingerprint density at radius 1 is 0.441 bits per heavy atom. The lowest BCUT2D eigenvalue weighted by atomic mass is 9.87. The van der Waals surface area contributed by atoms with Crippen molar-refractivity contribution in [2.75, 3.05) is 0 Å². The topological polar surface area (TPSA) is 40.5 Å². The molecule has 0 amide bonds. The van der Waals surface area contributed by atoms with Crippen LogP contribution in [0, 0.1) is 0 Å². The van der Waals surface area contributed by atoms with E-state index in [2.05, 4.69) is 48.5 Å². The Morgan fingerprint density at radius 2 is 0.824 bits per heavy atom. The summed E-state index contributed by atoms with van der Waals surface area (Å²) in [4.78, 5) is 0. The van der Waals surface area contributed by atoms with Gasteiger partial charge in [0.05, 0.1) is 12.2 Å². The third kappa shape index (κ3) is 3.62. The zero-order valence-corrected chi connectivity index (χ0v) is 18.9. The van der Waals surface area contributed by atoms with Gasteiger partial charge in [-0.05, 0) is 54.6 Å². The van der Waals surface area contributed by atoms with E-state index in [4.69, 9.17) is 0 Å². The molecule has 0 saturated heterocycles.